The number of methoxy groups -OCH3 is 1. The minimum Gasteiger partial charge on any atom is -0.385 e. The van der Waals surface area contributed by atoms with Gasteiger partial charge in [-0.1, -0.05) is 0 Å². The smallest absolute Gasteiger partial charge is 0.217 e. The van der Waals surface area contributed by atoms with E-state index in [-0.39, 0.29) is 0 Å². The van der Waals surface area contributed by atoms with E-state index in [9.17, 15) is 8.42 Å². The Balaban J connectivity index is 4.19. The van der Waals surface area contributed by atoms with Gasteiger partial charge in [0.2, 0.25) is 10.0 Å². The molecule has 0 aromatic carbocycles. The molecule has 5 nitrogen and oxygen atoms in total. The van der Waals surface area contributed by atoms with Gasteiger partial charge in [-0.2, -0.15) is 0 Å². The summed E-state index contributed by atoms with van der Waals surface area (Å²) in [7, 11) is 1.80. The average Bonchev–Trinajstić information content (AvgIpc) is 2.18. The molecule has 0 bridgehead atoms. The molecular weight excluding hydrogens is 216 g/mol. The standard InChI is InChI=1S/C9H22N2O3S/c1-9(8-10-2)15(12,13)11(3)6-5-7-14-4/h9-10H,5-8H2,1-4H3. The number of nitrogens with one attached hydrogen (secondary N) is 1. The fourth-order valence-electron chi connectivity index (χ4n) is 1.26. The molecule has 0 aliphatic heterocycles. The molecule has 0 radical (unpaired) electrons. The van der Waals surface area contributed by atoms with E-state index < -0.39 is 15.3 Å². The Morgan fingerprint density at radius 2 is 2.07 bits per heavy atom. The second kappa shape index (κ2) is 7.16. The van der Waals surface area contributed by atoms with Gasteiger partial charge in [-0.05, 0) is 20.4 Å². The number of ether oxygens (including phenoxy) is 1. The maximum Gasteiger partial charge on any atom is 0.217 e. The van der Waals surface area contributed by atoms with Gasteiger partial charge in [-0.15, -0.1) is 0 Å². The second-order valence-corrected chi connectivity index (χ2v) is 6.04. The molecule has 0 aliphatic carbocycles. The highest BCUT2D eigenvalue weighted by atomic mass is 32.2. The molecule has 15 heavy (non-hydrogen) atoms. The summed E-state index contributed by atoms with van der Waals surface area (Å²) in [6, 6.07) is 0. The van der Waals surface area contributed by atoms with Crippen LogP contribution in [0, 0.1) is 0 Å². The molecule has 0 saturated heterocycles. The largest absolute Gasteiger partial charge is 0.385 e. The highest BCUT2D eigenvalue weighted by Crippen LogP contribution is 2.06. The van der Waals surface area contributed by atoms with Gasteiger partial charge in [-0.3, -0.25) is 0 Å². The summed E-state index contributed by atoms with van der Waals surface area (Å²) < 4.78 is 30.0. The number of nitrogens with zero attached hydrogens (tertiary/aromatic N) is 1. The minimum atomic E-state index is -3.17. The second-order valence-electron chi connectivity index (χ2n) is 3.58. The monoisotopic (exact) mass is 238 g/mol. The van der Waals surface area contributed by atoms with E-state index >= 15 is 0 Å². The van der Waals surface area contributed by atoms with Crippen LogP contribution in [0.15, 0.2) is 0 Å². The lowest BCUT2D eigenvalue weighted by molar-refractivity contribution is 0.189. The molecule has 92 valence electrons. The van der Waals surface area contributed by atoms with Crippen LogP contribution in [0.4, 0.5) is 0 Å². The lowest BCUT2D eigenvalue weighted by Crippen LogP contribution is -2.39. The summed E-state index contributed by atoms with van der Waals surface area (Å²) in [5.41, 5.74) is 0. The molecule has 0 aromatic heterocycles. The van der Waals surface area contributed by atoms with Crippen LogP contribution in [0.5, 0.6) is 0 Å². The van der Waals surface area contributed by atoms with Crippen LogP contribution in [-0.4, -0.2) is 58.9 Å². The molecule has 0 heterocycles. The van der Waals surface area contributed by atoms with Crippen molar-refractivity contribution in [2.24, 2.45) is 0 Å². The molecule has 0 amide bonds. The quantitative estimate of drug-likeness (QED) is 0.600. The number of hydrogen-bond acceptors (Lipinski definition) is 4. The summed E-state index contributed by atoms with van der Waals surface area (Å²) in [6.07, 6.45) is 0.721. The summed E-state index contributed by atoms with van der Waals surface area (Å²) in [6.45, 7) is 3.26. The Morgan fingerprint density at radius 3 is 2.53 bits per heavy atom. The fraction of sp³-hybridized carbons (Fsp3) is 1.00. The first-order valence-corrected chi connectivity index (χ1v) is 6.55. The predicted molar refractivity (Wildman–Crippen MR) is 61.4 cm³/mol. The summed E-state index contributed by atoms with van der Waals surface area (Å²) in [5.74, 6) is 0. The third kappa shape index (κ3) is 4.92. The highest BCUT2D eigenvalue weighted by molar-refractivity contribution is 7.89. The molecule has 0 spiro atoms. The van der Waals surface area contributed by atoms with Crippen LogP contribution in [0.2, 0.25) is 0 Å². The van der Waals surface area contributed by atoms with Gasteiger partial charge in [0.15, 0.2) is 0 Å². The van der Waals surface area contributed by atoms with Crippen molar-refractivity contribution in [3.8, 4) is 0 Å². The molecule has 0 aliphatic rings. The molecule has 0 fully saturated rings. The van der Waals surface area contributed by atoms with Gasteiger partial charge < -0.3 is 10.1 Å². The molecule has 1 atom stereocenters. The molecular formula is C9H22N2O3S. The van der Waals surface area contributed by atoms with Crippen LogP contribution in [0.25, 0.3) is 0 Å². The van der Waals surface area contributed by atoms with Crippen molar-refractivity contribution in [1.82, 2.24) is 9.62 Å². The van der Waals surface area contributed by atoms with E-state index in [0.717, 1.165) is 6.42 Å². The first-order chi connectivity index (χ1) is 6.96. The van der Waals surface area contributed by atoms with E-state index in [1.165, 1.54) is 4.31 Å². The maximum absolute atomic E-state index is 11.9. The maximum atomic E-state index is 11.9. The van der Waals surface area contributed by atoms with Gasteiger partial charge in [0.25, 0.3) is 0 Å². The molecule has 1 N–H and O–H groups in total. The molecule has 0 aromatic rings. The zero-order valence-corrected chi connectivity index (χ0v) is 10.8. The predicted octanol–water partition coefficient (Wildman–Crippen LogP) is -0.108. The van der Waals surface area contributed by atoms with Crippen LogP contribution < -0.4 is 5.32 Å². The van der Waals surface area contributed by atoms with Gasteiger partial charge in [0.1, 0.15) is 0 Å². The highest BCUT2D eigenvalue weighted by Gasteiger charge is 2.24. The van der Waals surface area contributed by atoms with Gasteiger partial charge in [0, 0.05) is 33.9 Å². The average molecular weight is 238 g/mol. The van der Waals surface area contributed by atoms with Crippen molar-refractivity contribution in [1.29, 1.82) is 0 Å². The molecule has 0 rings (SSSR count). The Labute approximate surface area is 92.8 Å². The zero-order valence-electron chi connectivity index (χ0n) is 9.99. The number of rotatable bonds is 8. The zero-order chi connectivity index (χ0) is 11.9. The molecule has 1 unspecified atom stereocenters. The summed E-state index contributed by atoms with van der Waals surface area (Å²) >= 11 is 0. The lowest BCUT2D eigenvalue weighted by Gasteiger charge is -2.21. The topological polar surface area (TPSA) is 58.6 Å². The van der Waals surface area contributed by atoms with Crippen LogP contribution in [0.1, 0.15) is 13.3 Å². The SMILES string of the molecule is CNCC(C)S(=O)(=O)N(C)CCCOC. The van der Waals surface area contributed by atoms with Gasteiger partial charge in [0.05, 0.1) is 5.25 Å². The van der Waals surface area contributed by atoms with Crippen LogP contribution in [0.3, 0.4) is 0 Å². The van der Waals surface area contributed by atoms with Crippen LogP contribution >= 0.6 is 0 Å². The summed E-state index contributed by atoms with van der Waals surface area (Å²) in [5, 5.41) is 2.47. The van der Waals surface area contributed by atoms with E-state index in [0.29, 0.717) is 19.7 Å². The fourth-order valence-corrected chi connectivity index (χ4v) is 2.63. The normalized spacial score (nSPS) is 14.5. The lowest BCUT2D eigenvalue weighted by atomic mass is 10.4. The Bertz CT molecular complexity index is 254. The number of sulfonamides is 1. The Morgan fingerprint density at radius 1 is 1.47 bits per heavy atom. The van der Waals surface area contributed by atoms with Crippen molar-refractivity contribution in [2.75, 3.05) is 40.9 Å². The van der Waals surface area contributed by atoms with E-state index in [1.54, 1.807) is 28.1 Å². The third-order valence-electron chi connectivity index (χ3n) is 2.26. The van der Waals surface area contributed by atoms with Gasteiger partial charge in [-0.25, -0.2) is 12.7 Å². The van der Waals surface area contributed by atoms with E-state index in [1.807, 2.05) is 0 Å². The van der Waals surface area contributed by atoms with E-state index in [4.69, 9.17) is 4.74 Å². The third-order valence-corrected chi connectivity index (χ3v) is 4.49. The van der Waals surface area contributed by atoms with E-state index in [2.05, 4.69) is 5.32 Å². The van der Waals surface area contributed by atoms with Crippen molar-refractivity contribution < 1.29 is 13.2 Å². The first-order valence-electron chi connectivity index (χ1n) is 5.05. The minimum absolute atomic E-state index is 0.393. The summed E-state index contributed by atoms with van der Waals surface area (Å²) in [4.78, 5) is 0. The van der Waals surface area contributed by atoms with Gasteiger partial charge >= 0.3 is 0 Å². The Hall–Kier alpha value is -0.170. The van der Waals surface area contributed by atoms with Crippen molar-refractivity contribution in [2.45, 2.75) is 18.6 Å². The van der Waals surface area contributed by atoms with Crippen molar-refractivity contribution >= 4 is 10.0 Å². The molecule has 6 heteroatoms. The van der Waals surface area contributed by atoms with Crippen molar-refractivity contribution in [3.05, 3.63) is 0 Å². The molecule has 0 saturated carbocycles. The van der Waals surface area contributed by atoms with Crippen LogP contribution in [-0.2, 0) is 14.8 Å². The Kier molecular flexibility index (Phi) is 7.08. The van der Waals surface area contributed by atoms with Crippen molar-refractivity contribution in [3.63, 3.8) is 0 Å². The number of hydrogen-bond donors (Lipinski definition) is 1. The first kappa shape index (κ1) is 14.8.